The van der Waals surface area contributed by atoms with Crippen molar-refractivity contribution in [3.05, 3.63) is 0 Å². The van der Waals surface area contributed by atoms with Gasteiger partial charge in [0.15, 0.2) is 0 Å². The van der Waals surface area contributed by atoms with Gasteiger partial charge in [0.25, 0.3) is 0 Å². The molecule has 0 nitrogen and oxygen atoms in total. The van der Waals surface area contributed by atoms with Gasteiger partial charge in [0.2, 0.25) is 0 Å². The molecular weight excluding hydrogens is 377 g/mol. The minimum absolute atomic E-state index is 0. The van der Waals surface area contributed by atoms with E-state index in [1.54, 1.807) is 0 Å². The molecule has 0 saturated heterocycles. The van der Waals surface area contributed by atoms with Crippen LogP contribution >= 0.6 is 12.6 Å². The molecule has 0 aromatic carbocycles. The van der Waals surface area contributed by atoms with E-state index < -0.39 is 0 Å². The van der Waals surface area contributed by atoms with Crippen LogP contribution in [0, 0.1) is 0 Å². The molecule has 0 unspecified atom stereocenters. The average molecular weight is 403 g/mol. The van der Waals surface area contributed by atoms with Crippen LogP contribution in [0.2, 0.25) is 0 Å². The fourth-order valence-electron chi connectivity index (χ4n) is 1.60. The molecule has 0 aliphatic heterocycles. The van der Waals surface area contributed by atoms with E-state index in [-0.39, 0.29) is 27.7 Å². The molecule has 2 heteroatoms. The molecule has 0 aliphatic carbocycles. The van der Waals surface area contributed by atoms with Crippen LogP contribution in [-0.4, -0.2) is 5.75 Å². The summed E-state index contributed by atoms with van der Waals surface area (Å²) in [4.78, 5) is 0. The number of unbranched alkanes of at least 4 members (excludes halogenated alkanes) is 9. The van der Waals surface area contributed by atoms with Crippen molar-refractivity contribution in [2.75, 3.05) is 5.75 Å². The van der Waals surface area contributed by atoms with Gasteiger partial charge in [0, 0.05) is 27.7 Å². The first-order chi connectivity index (χ1) is 6.41. The third-order valence-corrected chi connectivity index (χ3v) is 2.83. The molecule has 0 heterocycles. The predicted molar refractivity (Wildman–Crippen MR) is 65.7 cm³/mol. The zero-order valence-corrected chi connectivity index (χ0v) is 16.3. The molecule has 0 saturated carbocycles. The molecule has 0 N–H and O–H groups in total. The maximum absolute atomic E-state index is 4.20. The maximum Gasteiger partial charge on any atom is 0 e. The summed E-state index contributed by atoms with van der Waals surface area (Å²) in [6.07, 6.45) is 14.2. The van der Waals surface area contributed by atoms with Crippen molar-refractivity contribution in [2.45, 2.75) is 71.1 Å². The van der Waals surface area contributed by atoms with E-state index in [9.17, 15) is 0 Å². The van der Waals surface area contributed by atoms with E-state index in [1.807, 2.05) is 0 Å². The molecule has 82 valence electrons. The monoisotopic (exact) mass is 404 g/mol. The van der Waals surface area contributed by atoms with Crippen LogP contribution in [0.25, 0.3) is 0 Å². The first-order valence-corrected chi connectivity index (χ1v) is 6.66. The summed E-state index contributed by atoms with van der Waals surface area (Å²) >= 11 is 4.20. The van der Waals surface area contributed by atoms with Crippen LogP contribution < -0.4 is 0 Å². The van der Waals surface area contributed by atoms with Crippen molar-refractivity contribution < 1.29 is 27.7 Å². The van der Waals surface area contributed by atoms with E-state index in [1.165, 1.54) is 64.2 Å². The quantitative estimate of drug-likeness (QED) is 0.302. The largest absolute Gasteiger partial charge is 0.179 e. The van der Waals surface area contributed by atoms with E-state index >= 15 is 0 Å². The Bertz CT molecular complexity index is 76.4. The number of rotatable bonds is 10. The van der Waals surface area contributed by atoms with Crippen LogP contribution in [0.15, 0.2) is 0 Å². The van der Waals surface area contributed by atoms with Gasteiger partial charge < -0.3 is 0 Å². The molecule has 0 aromatic heterocycles. The third-order valence-electron chi connectivity index (χ3n) is 2.51. The molecule has 0 radical (unpaired) electrons. The predicted octanol–water partition coefficient (Wildman–Crippen LogP) is 4.83. The molecular formula is C12H26HgS. The average Bonchev–Trinajstić information content (AvgIpc) is 2.16. The fraction of sp³-hybridized carbons (Fsp3) is 1.00. The number of thiol groups is 1. The number of hydrogen-bond acceptors (Lipinski definition) is 1. The van der Waals surface area contributed by atoms with Crippen molar-refractivity contribution in [3.8, 4) is 0 Å². The molecule has 0 aliphatic rings. The third kappa shape index (κ3) is 15.7. The SMILES string of the molecule is CCCCCCCCCCCCS.[Hg]. The van der Waals surface area contributed by atoms with Crippen LogP contribution in [0.3, 0.4) is 0 Å². The second-order valence-corrected chi connectivity index (χ2v) is 4.35. The van der Waals surface area contributed by atoms with Crippen LogP contribution in [0.5, 0.6) is 0 Å². The van der Waals surface area contributed by atoms with Crippen molar-refractivity contribution >= 4 is 12.6 Å². The molecule has 0 bridgehead atoms. The summed E-state index contributed by atoms with van der Waals surface area (Å²) in [5.41, 5.74) is 0. The molecule has 0 aromatic rings. The van der Waals surface area contributed by atoms with Crippen molar-refractivity contribution in [1.29, 1.82) is 0 Å². The Kier molecular flexibility index (Phi) is 21.1. The van der Waals surface area contributed by atoms with E-state index in [4.69, 9.17) is 0 Å². The number of hydrogen-bond donors (Lipinski definition) is 1. The first-order valence-electron chi connectivity index (χ1n) is 6.02. The van der Waals surface area contributed by atoms with Crippen molar-refractivity contribution in [1.82, 2.24) is 0 Å². The molecule has 0 rings (SSSR count). The first kappa shape index (κ1) is 17.7. The molecule has 0 fully saturated rings. The summed E-state index contributed by atoms with van der Waals surface area (Å²) < 4.78 is 0. The summed E-state index contributed by atoms with van der Waals surface area (Å²) in [5, 5.41) is 0. The Morgan fingerprint density at radius 1 is 0.643 bits per heavy atom. The Morgan fingerprint density at radius 3 is 1.36 bits per heavy atom. The normalized spacial score (nSPS) is 9.86. The summed E-state index contributed by atoms with van der Waals surface area (Å²) in [6.45, 7) is 2.28. The Morgan fingerprint density at radius 2 is 1.00 bits per heavy atom. The fourth-order valence-corrected chi connectivity index (χ4v) is 1.82. The Balaban J connectivity index is 0. The Labute approximate surface area is 117 Å². The molecule has 0 spiro atoms. The zero-order chi connectivity index (χ0) is 9.78. The van der Waals surface area contributed by atoms with E-state index in [0.717, 1.165) is 5.75 Å². The van der Waals surface area contributed by atoms with Gasteiger partial charge in [-0.05, 0) is 12.2 Å². The van der Waals surface area contributed by atoms with Gasteiger partial charge in [-0.25, -0.2) is 0 Å². The van der Waals surface area contributed by atoms with Crippen LogP contribution in [0.1, 0.15) is 71.1 Å². The molecule has 14 heavy (non-hydrogen) atoms. The van der Waals surface area contributed by atoms with E-state index in [0.29, 0.717) is 0 Å². The molecule has 0 atom stereocenters. The zero-order valence-electron chi connectivity index (χ0n) is 9.93. The summed E-state index contributed by atoms with van der Waals surface area (Å²) in [7, 11) is 0. The van der Waals surface area contributed by atoms with Crippen molar-refractivity contribution in [3.63, 3.8) is 0 Å². The van der Waals surface area contributed by atoms with Gasteiger partial charge >= 0.3 is 0 Å². The van der Waals surface area contributed by atoms with E-state index in [2.05, 4.69) is 19.6 Å². The van der Waals surface area contributed by atoms with Gasteiger partial charge in [-0.2, -0.15) is 12.6 Å². The summed E-state index contributed by atoms with van der Waals surface area (Å²) in [6, 6.07) is 0. The smallest absolute Gasteiger partial charge is 0 e. The van der Waals surface area contributed by atoms with Gasteiger partial charge in [-0.3, -0.25) is 0 Å². The van der Waals surface area contributed by atoms with Gasteiger partial charge in [-0.15, -0.1) is 0 Å². The topological polar surface area (TPSA) is 0 Å². The Hall–Kier alpha value is 1.29. The van der Waals surface area contributed by atoms with Crippen LogP contribution in [0.4, 0.5) is 0 Å². The van der Waals surface area contributed by atoms with Gasteiger partial charge in [-0.1, -0.05) is 64.7 Å². The van der Waals surface area contributed by atoms with Gasteiger partial charge in [0.05, 0.1) is 0 Å². The summed E-state index contributed by atoms with van der Waals surface area (Å²) in [5.74, 6) is 1.07. The maximum atomic E-state index is 4.20. The minimum Gasteiger partial charge on any atom is -0.179 e. The van der Waals surface area contributed by atoms with Gasteiger partial charge in [0.1, 0.15) is 0 Å². The minimum atomic E-state index is 0. The standard InChI is InChI=1S/C12H26S.Hg/c1-2-3-4-5-6-7-8-9-10-11-12-13;/h13H,2-12H2,1H3;. The van der Waals surface area contributed by atoms with Crippen LogP contribution in [-0.2, 0) is 27.7 Å². The second kappa shape index (κ2) is 16.7. The second-order valence-electron chi connectivity index (χ2n) is 3.91. The van der Waals surface area contributed by atoms with Crippen molar-refractivity contribution in [2.24, 2.45) is 0 Å². The molecule has 0 amide bonds.